The summed E-state index contributed by atoms with van der Waals surface area (Å²) in [5.74, 6) is 0. The second-order valence-corrected chi connectivity index (χ2v) is 4.58. The second kappa shape index (κ2) is 2.86. The van der Waals surface area contributed by atoms with E-state index in [0.29, 0.717) is 6.42 Å². The second-order valence-electron chi connectivity index (χ2n) is 2.94. The summed E-state index contributed by atoms with van der Waals surface area (Å²) in [4.78, 5) is 7.94. The molecule has 1 heterocycles. The van der Waals surface area contributed by atoms with Gasteiger partial charge in [0.2, 0.25) is 0 Å². The van der Waals surface area contributed by atoms with Crippen molar-refractivity contribution in [3.05, 3.63) is 23.8 Å². The van der Waals surface area contributed by atoms with Crippen LogP contribution in [-0.2, 0) is 12.8 Å². The highest BCUT2D eigenvalue weighted by molar-refractivity contribution is 6.48. The molecule has 0 aromatic carbocycles. The van der Waals surface area contributed by atoms with Crippen LogP contribution in [0.3, 0.4) is 0 Å². The summed E-state index contributed by atoms with van der Waals surface area (Å²) in [7, 11) is 0. The summed E-state index contributed by atoms with van der Waals surface area (Å²) >= 11 is 12.0. The molecule has 63 valence electrons. The van der Waals surface area contributed by atoms with Gasteiger partial charge in [0.25, 0.3) is 0 Å². The Morgan fingerprint density at radius 3 is 3.17 bits per heavy atom. The fourth-order valence-corrected chi connectivity index (χ4v) is 1.81. The first-order chi connectivity index (χ1) is 5.67. The largest absolute Gasteiger partial charge is 0.241 e. The van der Waals surface area contributed by atoms with Crippen LogP contribution >= 0.6 is 23.2 Å². The van der Waals surface area contributed by atoms with E-state index in [0.717, 1.165) is 24.1 Å². The first-order valence-corrected chi connectivity index (χ1v) is 4.51. The van der Waals surface area contributed by atoms with Crippen molar-refractivity contribution in [1.29, 1.82) is 0 Å². The van der Waals surface area contributed by atoms with Crippen molar-refractivity contribution in [2.75, 3.05) is 0 Å². The minimum atomic E-state index is -0.645. The Morgan fingerprint density at radius 2 is 2.33 bits per heavy atom. The third kappa shape index (κ3) is 1.54. The summed E-state index contributed by atoms with van der Waals surface area (Å²) in [5.41, 5.74) is 1.98. The van der Waals surface area contributed by atoms with Gasteiger partial charge in [0.15, 0.2) is 0 Å². The number of hydrogen-bond acceptors (Lipinski definition) is 2. The fraction of sp³-hybridized carbons (Fsp3) is 0.500. The predicted molar refractivity (Wildman–Crippen MR) is 47.3 cm³/mol. The van der Waals surface area contributed by atoms with Crippen molar-refractivity contribution >= 4 is 23.2 Å². The molecule has 1 aliphatic carbocycles. The normalized spacial score (nSPS) is 20.2. The molecule has 0 saturated carbocycles. The molecule has 1 aliphatic rings. The van der Waals surface area contributed by atoms with Gasteiger partial charge >= 0.3 is 0 Å². The fourth-order valence-electron chi connectivity index (χ4n) is 1.35. The molecule has 0 aliphatic heterocycles. The minimum Gasteiger partial charge on any atom is -0.241 e. The van der Waals surface area contributed by atoms with E-state index >= 15 is 0 Å². The summed E-state index contributed by atoms with van der Waals surface area (Å²) in [6, 6.07) is 0. The van der Waals surface area contributed by atoms with Crippen LogP contribution in [0.2, 0.25) is 0 Å². The lowest BCUT2D eigenvalue weighted by Gasteiger charge is -2.25. The van der Waals surface area contributed by atoms with Crippen LogP contribution in [-0.4, -0.2) is 14.3 Å². The van der Waals surface area contributed by atoms with E-state index < -0.39 is 4.33 Å². The molecule has 0 amide bonds. The minimum absolute atomic E-state index is 0.603. The van der Waals surface area contributed by atoms with Gasteiger partial charge in [-0.25, -0.2) is 9.97 Å². The Balaban J connectivity index is 2.35. The molecule has 12 heavy (non-hydrogen) atoms. The number of aromatic nitrogens is 2. The van der Waals surface area contributed by atoms with E-state index in [1.165, 1.54) is 6.33 Å². The van der Waals surface area contributed by atoms with Crippen molar-refractivity contribution in [3.8, 4) is 0 Å². The topological polar surface area (TPSA) is 25.8 Å². The molecule has 0 unspecified atom stereocenters. The van der Waals surface area contributed by atoms with E-state index in [1.54, 1.807) is 0 Å². The van der Waals surface area contributed by atoms with Gasteiger partial charge in [-0.05, 0) is 12.8 Å². The standard InChI is InChI=1S/C8H7Cl2N2/c9-8(10)2-1-7-6(3-8)4-11-5-12-7/h5H,1-3H2. The smallest absolute Gasteiger partial charge is 0.122 e. The first-order valence-electron chi connectivity index (χ1n) is 3.76. The van der Waals surface area contributed by atoms with Gasteiger partial charge in [-0.1, -0.05) is 0 Å². The van der Waals surface area contributed by atoms with Crippen molar-refractivity contribution in [2.24, 2.45) is 0 Å². The summed E-state index contributed by atoms with van der Waals surface area (Å²) in [5, 5.41) is 0. The summed E-state index contributed by atoms with van der Waals surface area (Å²) in [6.45, 7) is 0. The van der Waals surface area contributed by atoms with Crippen LogP contribution < -0.4 is 0 Å². The Bertz CT molecular complexity index is 299. The number of hydrogen-bond donors (Lipinski definition) is 0. The number of halogens is 2. The van der Waals surface area contributed by atoms with E-state index in [9.17, 15) is 0 Å². The third-order valence-electron chi connectivity index (χ3n) is 1.98. The maximum absolute atomic E-state index is 5.99. The molecule has 0 spiro atoms. The SMILES string of the molecule is ClC1(Cl)CCc2ncn[c]c2C1. The van der Waals surface area contributed by atoms with Gasteiger partial charge < -0.3 is 0 Å². The van der Waals surface area contributed by atoms with Crippen LogP contribution in [0.4, 0.5) is 0 Å². The van der Waals surface area contributed by atoms with E-state index in [-0.39, 0.29) is 0 Å². The van der Waals surface area contributed by atoms with Crippen molar-refractivity contribution in [1.82, 2.24) is 9.97 Å². The number of fused-ring (bicyclic) bond motifs is 1. The summed E-state index contributed by atoms with van der Waals surface area (Å²) < 4.78 is -0.645. The van der Waals surface area contributed by atoms with Crippen LogP contribution in [0.15, 0.2) is 6.33 Å². The molecule has 0 fully saturated rings. The maximum Gasteiger partial charge on any atom is 0.122 e. The number of alkyl halides is 2. The molecular weight excluding hydrogens is 195 g/mol. The van der Waals surface area contributed by atoms with E-state index in [1.807, 2.05) is 0 Å². The van der Waals surface area contributed by atoms with Crippen LogP contribution in [0.25, 0.3) is 0 Å². The molecule has 0 saturated heterocycles. The van der Waals surface area contributed by atoms with E-state index in [4.69, 9.17) is 23.2 Å². The molecule has 4 heteroatoms. The van der Waals surface area contributed by atoms with Crippen molar-refractivity contribution < 1.29 is 0 Å². The van der Waals surface area contributed by atoms with Crippen LogP contribution in [0, 0.1) is 6.20 Å². The quantitative estimate of drug-likeness (QED) is 0.600. The van der Waals surface area contributed by atoms with Gasteiger partial charge in [0.1, 0.15) is 10.7 Å². The Morgan fingerprint density at radius 1 is 1.50 bits per heavy atom. The Labute approximate surface area is 80.9 Å². The Kier molecular flexibility index (Phi) is 1.97. The lowest BCUT2D eigenvalue weighted by molar-refractivity contribution is 0.623. The maximum atomic E-state index is 5.99. The van der Waals surface area contributed by atoms with Crippen LogP contribution in [0.1, 0.15) is 17.7 Å². The van der Waals surface area contributed by atoms with Gasteiger partial charge in [0.05, 0.1) is 6.20 Å². The monoisotopic (exact) mass is 201 g/mol. The molecule has 0 bridgehead atoms. The Hall–Kier alpha value is -0.340. The number of rotatable bonds is 0. The highest BCUT2D eigenvalue weighted by Crippen LogP contribution is 2.35. The molecule has 0 atom stereocenters. The van der Waals surface area contributed by atoms with Gasteiger partial charge in [-0.3, -0.25) is 0 Å². The highest BCUT2D eigenvalue weighted by atomic mass is 35.5. The van der Waals surface area contributed by atoms with Crippen molar-refractivity contribution in [3.63, 3.8) is 0 Å². The zero-order chi connectivity index (χ0) is 8.60. The molecule has 2 rings (SSSR count). The average Bonchev–Trinajstić information content (AvgIpc) is 2.02. The molecule has 0 N–H and O–H groups in total. The molecule has 1 radical (unpaired) electrons. The highest BCUT2D eigenvalue weighted by Gasteiger charge is 2.30. The molecule has 2 nitrogen and oxygen atoms in total. The molecule has 1 aromatic heterocycles. The van der Waals surface area contributed by atoms with Gasteiger partial charge in [0, 0.05) is 17.7 Å². The predicted octanol–water partition coefficient (Wildman–Crippen LogP) is 1.94. The molecule has 1 aromatic rings. The lowest BCUT2D eigenvalue weighted by atomic mass is 9.97. The average molecular weight is 202 g/mol. The third-order valence-corrected chi connectivity index (χ3v) is 2.63. The zero-order valence-corrected chi connectivity index (χ0v) is 7.86. The zero-order valence-electron chi connectivity index (χ0n) is 6.35. The first kappa shape index (κ1) is 8.27. The summed E-state index contributed by atoms with van der Waals surface area (Å²) in [6.07, 6.45) is 6.55. The number of nitrogens with zero attached hydrogens (tertiary/aromatic N) is 2. The number of aryl methyl sites for hydroxylation is 1. The van der Waals surface area contributed by atoms with Crippen LogP contribution in [0.5, 0.6) is 0 Å². The van der Waals surface area contributed by atoms with E-state index in [2.05, 4.69) is 16.2 Å². The van der Waals surface area contributed by atoms with Crippen molar-refractivity contribution in [2.45, 2.75) is 23.6 Å². The van der Waals surface area contributed by atoms with Gasteiger partial charge in [-0.15, -0.1) is 23.2 Å². The molecular formula is C8H7Cl2N2. The van der Waals surface area contributed by atoms with Gasteiger partial charge in [-0.2, -0.15) is 0 Å². The lowest BCUT2D eigenvalue weighted by Crippen LogP contribution is -2.24.